The molecule has 1 rings (SSSR count). The van der Waals surface area contributed by atoms with Crippen LogP contribution in [0.2, 0.25) is 0 Å². The summed E-state index contributed by atoms with van der Waals surface area (Å²) in [6.45, 7) is 0. The predicted molar refractivity (Wildman–Crippen MR) is 62.4 cm³/mol. The summed E-state index contributed by atoms with van der Waals surface area (Å²) in [5.41, 5.74) is 3.37. The fourth-order valence-electron chi connectivity index (χ4n) is 1.07. The van der Waals surface area contributed by atoms with Crippen molar-refractivity contribution in [3.05, 3.63) is 12.1 Å². The minimum atomic E-state index is -0.826. The van der Waals surface area contributed by atoms with Gasteiger partial charge in [-0.1, -0.05) is 17.1 Å². The summed E-state index contributed by atoms with van der Waals surface area (Å²) in [5.74, 6) is 0. The quantitative estimate of drug-likeness (QED) is 0.751. The molecule has 3 nitrogen and oxygen atoms in total. The Morgan fingerprint density at radius 1 is 1.14 bits per heavy atom. The van der Waals surface area contributed by atoms with Gasteiger partial charge in [-0.15, -0.1) is 6.07 Å². The van der Waals surface area contributed by atoms with E-state index in [1.54, 1.807) is 0 Å². The molecule has 0 radical (unpaired) electrons. The summed E-state index contributed by atoms with van der Waals surface area (Å²) in [6.07, 6.45) is 0. The number of rotatable bonds is 3. The first kappa shape index (κ1) is 14.2. The molecule has 0 spiro atoms. The molecule has 0 amide bonds. The van der Waals surface area contributed by atoms with Crippen molar-refractivity contribution in [2.75, 3.05) is 37.1 Å². The average molecular weight is 314 g/mol. The molecule has 0 saturated carbocycles. The third-order valence-electron chi connectivity index (χ3n) is 1.72. The van der Waals surface area contributed by atoms with Gasteiger partial charge in [0.1, 0.15) is 0 Å². The standard InChI is InChI=1S/C8H14N3.2ClH.Zr/c1-9-6-4-7(10-2)8(5-6)11-3;;;/h4-5,9-11H,1-3H3;2*1H;/q-1;;;+2/p-2. The van der Waals surface area contributed by atoms with E-state index in [2.05, 4.69) is 28.1 Å². The van der Waals surface area contributed by atoms with Crippen LogP contribution in [0.25, 0.3) is 0 Å². The fraction of sp³-hybridized carbons (Fsp3) is 0.375. The molecule has 0 fully saturated rings. The third kappa shape index (κ3) is 4.63. The molecule has 14 heavy (non-hydrogen) atoms. The average Bonchev–Trinajstić information content (AvgIpc) is 2.61. The second kappa shape index (κ2) is 8.52. The van der Waals surface area contributed by atoms with Crippen LogP contribution in [0.1, 0.15) is 0 Å². The van der Waals surface area contributed by atoms with Gasteiger partial charge in [-0.25, -0.2) is 0 Å². The molecule has 0 atom stereocenters. The molecular weight excluding hydrogens is 300 g/mol. The number of hydrogen-bond acceptors (Lipinski definition) is 3. The van der Waals surface area contributed by atoms with Crippen LogP contribution in [0, 0.1) is 0 Å². The van der Waals surface area contributed by atoms with Crippen LogP contribution >= 0.6 is 17.0 Å². The van der Waals surface area contributed by atoms with E-state index in [0.29, 0.717) is 0 Å². The van der Waals surface area contributed by atoms with E-state index in [0.717, 1.165) is 17.1 Å². The van der Waals surface area contributed by atoms with Crippen molar-refractivity contribution in [2.45, 2.75) is 0 Å². The summed E-state index contributed by atoms with van der Waals surface area (Å²) < 4.78 is 0. The van der Waals surface area contributed by atoms with Gasteiger partial charge in [0.05, 0.1) is 0 Å². The second-order valence-electron chi connectivity index (χ2n) is 2.39. The summed E-state index contributed by atoms with van der Waals surface area (Å²) in [4.78, 5) is 0. The number of nitrogens with one attached hydrogen (secondary N) is 3. The Bertz CT molecular complexity index is 231. The zero-order valence-electron chi connectivity index (χ0n) is 8.41. The van der Waals surface area contributed by atoms with Gasteiger partial charge >= 0.3 is 37.9 Å². The molecule has 6 heteroatoms. The number of halogens is 2. The predicted octanol–water partition coefficient (Wildman–Crippen LogP) is 2.91. The first-order valence-corrected chi connectivity index (χ1v) is 10.4. The summed E-state index contributed by atoms with van der Waals surface area (Å²) in [6, 6.07) is 4.12. The van der Waals surface area contributed by atoms with Crippen LogP contribution in [-0.4, -0.2) is 21.1 Å². The Kier molecular flexibility index (Phi) is 8.65. The molecule has 0 unspecified atom stereocenters. The van der Waals surface area contributed by atoms with Gasteiger partial charge in [-0.2, -0.15) is 6.07 Å². The molecule has 0 bridgehead atoms. The van der Waals surface area contributed by atoms with Gasteiger partial charge in [-0.3, -0.25) is 0 Å². The zero-order valence-corrected chi connectivity index (χ0v) is 12.4. The van der Waals surface area contributed by atoms with Gasteiger partial charge in [0, 0.05) is 14.1 Å². The van der Waals surface area contributed by atoms with Gasteiger partial charge in [0.25, 0.3) is 0 Å². The van der Waals surface area contributed by atoms with Crippen LogP contribution in [0.15, 0.2) is 12.1 Å². The summed E-state index contributed by atoms with van der Waals surface area (Å²) in [5, 5.41) is 9.27. The van der Waals surface area contributed by atoms with Crippen molar-refractivity contribution in [1.29, 1.82) is 0 Å². The van der Waals surface area contributed by atoms with E-state index >= 15 is 0 Å². The molecule has 0 aliphatic rings. The maximum absolute atomic E-state index is 4.93. The van der Waals surface area contributed by atoms with Gasteiger partial charge in [-0.05, 0) is 7.05 Å². The van der Waals surface area contributed by atoms with E-state index in [1.807, 2.05) is 21.1 Å². The Labute approximate surface area is 104 Å². The number of hydrogen-bond donors (Lipinski definition) is 3. The van der Waals surface area contributed by atoms with E-state index in [9.17, 15) is 0 Å². The first-order valence-electron chi connectivity index (χ1n) is 4.03. The van der Waals surface area contributed by atoms with Crippen molar-refractivity contribution in [1.82, 2.24) is 0 Å². The van der Waals surface area contributed by atoms with E-state index in [1.165, 1.54) is 0 Å². The van der Waals surface area contributed by atoms with Crippen molar-refractivity contribution < 1.29 is 20.8 Å². The van der Waals surface area contributed by atoms with Crippen LogP contribution < -0.4 is 16.0 Å². The fourth-order valence-corrected chi connectivity index (χ4v) is 1.07. The monoisotopic (exact) mass is 312 g/mol. The minimum absolute atomic E-state index is 0.826. The second-order valence-corrected chi connectivity index (χ2v) is 6.12. The molecule has 1 aromatic rings. The first-order chi connectivity index (χ1) is 6.73. The van der Waals surface area contributed by atoms with Gasteiger partial charge in [0.2, 0.25) is 0 Å². The van der Waals surface area contributed by atoms with Crippen LogP contribution in [0.3, 0.4) is 0 Å². The van der Waals surface area contributed by atoms with Gasteiger partial charge in [0.15, 0.2) is 0 Å². The molecule has 80 valence electrons. The van der Waals surface area contributed by atoms with Crippen LogP contribution in [0.4, 0.5) is 17.1 Å². The molecule has 0 aromatic heterocycles. The molecule has 0 aliphatic heterocycles. The zero-order chi connectivity index (χ0) is 11.0. The van der Waals surface area contributed by atoms with Crippen molar-refractivity contribution in [3.63, 3.8) is 0 Å². The van der Waals surface area contributed by atoms with E-state index in [-0.39, 0.29) is 0 Å². The van der Waals surface area contributed by atoms with Crippen molar-refractivity contribution in [2.24, 2.45) is 0 Å². The van der Waals surface area contributed by atoms with E-state index in [4.69, 9.17) is 17.0 Å². The van der Waals surface area contributed by atoms with Crippen molar-refractivity contribution >= 4 is 34.1 Å². The molecular formula is C8H14Cl2N3Zr-. The Balaban J connectivity index is 0.000000500. The third-order valence-corrected chi connectivity index (χ3v) is 1.72. The maximum atomic E-state index is 4.93. The molecule has 3 N–H and O–H groups in total. The SMILES string of the molecule is CNc1cc(NC)c(NC)[cH-]1.[Cl][Zr][Cl]. The molecule has 1 aromatic carbocycles. The molecule has 0 heterocycles. The number of anilines is 3. The molecule has 0 aliphatic carbocycles. The Morgan fingerprint density at radius 2 is 1.71 bits per heavy atom. The summed E-state index contributed by atoms with van der Waals surface area (Å²) >= 11 is -0.826. The topological polar surface area (TPSA) is 36.1 Å². The van der Waals surface area contributed by atoms with Crippen molar-refractivity contribution in [3.8, 4) is 0 Å². The Morgan fingerprint density at radius 3 is 2.00 bits per heavy atom. The van der Waals surface area contributed by atoms with Gasteiger partial charge < -0.3 is 16.0 Å². The molecule has 0 saturated heterocycles. The van der Waals surface area contributed by atoms with E-state index < -0.39 is 20.8 Å². The van der Waals surface area contributed by atoms with Crippen LogP contribution in [0.5, 0.6) is 0 Å². The summed E-state index contributed by atoms with van der Waals surface area (Å²) in [7, 11) is 15.6. The normalized spacial score (nSPS) is 8.36. The Hall–Kier alpha value is 0.213. The van der Waals surface area contributed by atoms with Crippen LogP contribution in [-0.2, 0) is 20.8 Å².